The molecule has 1 aromatic heterocycles. The average molecular weight is 254 g/mol. The molecular formula is C12H22N4S. The zero-order valence-electron chi connectivity index (χ0n) is 10.7. The second-order valence-corrected chi connectivity index (χ2v) is 6.15. The second kappa shape index (κ2) is 6.28. The van der Waals surface area contributed by atoms with Gasteiger partial charge in [0.1, 0.15) is 5.82 Å². The molecule has 0 bridgehead atoms. The Kier molecular flexibility index (Phi) is 4.71. The summed E-state index contributed by atoms with van der Waals surface area (Å²) in [4.78, 5) is 0. The number of thioether (sulfide) groups is 1. The molecule has 17 heavy (non-hydrogen) atoms. The van der Waals surface area contributed by atoms with Crippen molar-refractivity contribution in [3.05, 3.63) is 6.20 Å². The smallest absolute Gasteiger partial charge is 0.145 e. The third-order valence-electron chi connectivity index (χ3n) is 3.19. The predicted molar refractivity (Wildman–Crippen MR) is 73.5 cm³/mol. The molecule has 2 atom stereocenters. The summed E-state index contributed by atoms with van der Waals surface area (Å²) in [6.07, 6.45) is 6.82. The lowest BCUT2D eigenvalue weighted by molar-refractivity contribution is 0.577. The van der Waals surface area contributed by atoms with Crippen LogP contribution in [-0.2, 0) is 6.54 Å². The van der Waals surface area contributed by atoms with Gasteiger partial charge in [-0.25, -0.2) is 4.68 Å². The lowest BCUT2D eigenvalue weighted by Gasteiger charge is -2.14. The first kappa shape index (κ1) is 12.7. The highest BCUT2D eigenvalue weighted by atomic mass is 32.2. The van der Waals surface area contributed by atoms with E-state index in [1.165, 1.54) is 25.0 Å². The largest absolute Gasteiger partial charge is 0.366 e. The molecule has 0 amide bonds. The highest BCUT2D eigenvalue weighted by Gasteiger charge is 2.25. The summed E-state index contributed by atoms with van der Waals surface area (Å²) in [5, 5.41) is 12.5. The van der Waals surface area contributed by atoms with Gasteiger partial charge in [-0.2, -0.15) is 11.8 Å². The standard InChI is InChI=1S/C12H22N4S/c1-3-7-16-12(9-13-15-16)14-10-5-6-11(8-10)17-4-2/h9-11,14H,3-8H2,1-2H3. The van der Waals surface area contributed by atoms with Gasteiger partial charge in [-0.05, 0) is 31.4 Å². The predicted octanol–water partition coefficient (Wildman–Crippen LogP) is 2.77. The van der Waals surface area contributed by atoms with Crippen LogP contribution in [0.3, 0.4) is 0 Å². The van der Waals surface area contributed by atoms with E-state index < -0.39 is 0 Å². The Morgan fingerprint density at radius 2 is 2.35 bits per heavy atom. The fourth-order valence-corrected chi connectivity index (χ4v) is 3.56. The van der Waals surface area contributed by atoms with E-state index in [4.69, 9.17) is 0 Å². The first-order chi connectivity index (χ1) is 8.33. The van der Waals surface area contributed by atoms with E-state index in [0.717, 1.165) is 24.0 Å². The Labute approximate surface area is 108 Å². The molecule has 1 fully saturated rings. The van der Waals surface area contributed by atoms with Gasteiger partial charge in [0.15, 0.2) is 0 Å². The molecule has 0 saturated heterocycles. The normalized spacial score (nSPS) is 24.1. The van der Waals surface area contributed by atoms with Crippen LogP contribution in [0, 0.1) is 0 Å². The monoisotopic (exact) mass is 254 g/mol. The maximum absolute atomic E-state index is 4.10. The summed E-state index contributed by atoms with van der Waals surface area (Å²) in [6.45, 7) is 5.35. The lowest BCUT2D eigenvalue weighted by atomic mass is 10.2. The van der Waals surface area contributed by atoms with E-state index in [1.54, 1.807) is 0 Å². The van der Waals surface area contributed by atoms with Crippen molar-refractivity contribution in [1.29, 1.82) is 0 Å². The summed E-state index contributed by atoms with van der Waals surface area (Å²) < 4.78 is 1.97. The molecule has 1 heterocycles. The van der Waals surface area contributed by atoms with E-state index >= 15 is 0 Å². The molecule has 0 radical (unpaired) electrons. The highest BCUT2D eigenvalue weighted by Crippen LogP contribution is 2.31. The maximum atomic E-state index is 4.10. The van der Waals surface area contributed by atoms with Crippen molar-refractivity contribution in [2.45, 2.75) is 57.4 Å². The van der Waals surface area contributed by atoms with Crippen molar-refractivity contribution in [3.8, 4) is 0 Å². The molecule has 0 aliphatic heterocycles. The summed E-state index contributed by atoms with van der Waals surface area (Å²) in [5.74, 6) is 2.31. The van der Waals surface area contributed by atoms with Gasteiger partial charge in [-0.1, -0.05) is 19.1 Å². The summed E-state index contributed by atoms with van der Waals surface area (Å²) in [6, 6.07) is 0.605. The number of hydrogen-bond donors (Lipinski definition) is 1. The van der Waals surface area contributed by atoms with Crippen molar-refractivity contribution in [1.82, 2.24) is 15.0 Å². The van der Waals surface area contributed by atoms with Gasteiger partial charge in [0.25, 0.3) is 0 Å². The zero-order valence-corrected chi connectivity index (χ0v) is 11.5. The molecule has 1 aliphatic carbocycles. The number of hydrogen-bond acceptors (Lipinski definition) is 4. The molecule has 1 N–H and O–H groups in total. The van der Waals surface area contributed by atoms with E-state index in [0.29, 0.717) is 6.04 Å². The van der Waals surface area contributed by atoms with Crippen LogP contribution in [0.1, 0.15) is 39.5 Å². The second-order valence-electron chi connectivity index (χ2n) is 4.57. The van der Waals surface area contributed by atoms with Crippen LogP contribution in [0.2, 0.25) is 0 Å². The first-order valence-electron chi connectivity index (χ1n) is 6.60. The molecule has 1 saturated carbocycles. The number of aryl methyl sites for hydroxylation is 1. The van der Waals surface area contributed by atoms with Gasteiger partial charge in [0.05, 0.1) is 6.20 Å². The Balaban J connectivity index is 1.86. The van der Waals surface area contributed by atoms with Crippen LogP contribution in [0.25, 0.3) is 0 Å². The molecule has 0 spiro atoms. The molecule has 2 unspecified atom stereocenters. The van der Waals surface area contributed by atoms with Crippen LogP contribution < -0.4 is 5.32 Å². The average Bonchev–Trinajstić information content (AvgIpc) is 2.91. The van der Waals surface area contributed by atoms with Crippen LogP contribution in [0.15, 0.2) is 6.20 Å². The van der Waals surface area contributed by atoms with Gasteiger partial charge in [0.2, 0.25) is 0 Å². The zero-order chi connectivity index (χ0) is 12.1. The Morgan fingerprint density at radius 1 is 1.47 bits per heavy atom. The van der Waals surface area contributed by atoms with E-state index in [9.17, 15) is 0 Å². The first-order valence-corrected chi connectivity index (χ1v) is 7.65. The SMILES string of the molecule is CCCn1nncc1NC1CCC(SCC)C1. The van der Waals surface area contributed by atoms with Crippen molar-refractivity contribution >= 4 is 17.6 Å². The topological polar surface area (TPSA) is 42.7 Å². The fraction of sp³-hybridized carbons (Fsp3) is 0.833. The fourth-order valence-electron chi connectivity index (χ4n) is 2.41. The summed E-state index contributed by atoms with van der Waals surface area (Å²) >= 11 is 2.09. The molecule has 1 aliphatic rings. The van der Waals surface area contributed by atoms with Crippen LogP contribution in [0.4, 0.5) is 5.82 Å². The number of nitrogens with zero attached hydrogens (tertiary/aromatic N) is 3. The molecule has 0 aromatic carbocycles. The minimum atomic E-state index is 0.605. The molecule has 96 valence electrons. The number of aromatic nitrogens is 3. The van der Waals surface area contributed by atoms with Crippen molar-refractivity contribution < 1.29 is 0 Å². The third kappa shape index (κ3) is 3.37. The van der Waals surface area contributed by atoms with E-state index in [1.807, 2.05) is 10.9 Å². The highest BCUT2D eigenvalue weighted by molar-refractivity contribution is 7.99. The third-order valence-corrected chi connectivity index (χ3v) is 4.42. The quantitative estimate of drug-likeness (QED) is 0.847. The van der Waals surface area contributed by atoms with Crippen LogP contribution in [-0.4, -0.2) is 32.0 Å². The van der Waals surface area contributed by atoms with Gasteiger partial charge >= 0.3 is 0 Å². The Morgan fingerprint density at radius 3 is 3.12 bits per heavy atom. The Hall–Kier alpha value is -0.710. The molecule has 1 aromatic rings. The number of rotatable bonds is 6. The maximum Gasteiger partial charge on any atom is 0.145 e. The van der Waals surface area contributed by atoms with E-state index in [-0.39, 0.29) is 0 Å². The molecule has 2 rings (SSSR count). The van der Waals surface area contributed by atoms with Gasteiger partial charge < -0.3 is 5.32 Å². The van der Waals surface area contributed by atoms with Crippen LogP contribution in [0.5, 0.6) is 0 Å². The minimum absolute atomic E-state index is 0.605. The van der Waals surface area contributed by atoms with Gasteiger partial charge in [0, 0.05) is 17.8 Å². The molecule has 4 nitrogen and oxygen atoms in total. The molecule has 5 heteroatoms. The van der Waals surface area contributed by atoms with Crippen LogP contribution >= 0.6 is 11.8 Å². The Bertz CT molecular complexity index is 339. The van der Waals surface area contributed by atoms with Crippen molar-refractivity contribution in [2.75, 3.05) is 11.1 Å². The minimum Gasteiger partial charge on any atom is -0.366 e. The summed E-state index contributed by atoms with van der Waals surface area (Å²) in [5.41, 5.74) is 0. The molecular weight excluding hydrogens is 232 g/mol. The lowest BCUT2D eigenvalue weighted by Crippen LogP contribution is -2.19. The van der Waals surface area contributed by atoms with Crippen molar-refractivity contribution in [2.24, 2.45) is 0 Å². The van der Waals surface area contributed by atoms with E-state index in [2.05, 4.69) is 41.2 Å². The van der Waals surface area contributed by atoms with Gasteiger partial charge in [-0.3, -0.25) is 0 Å². The van der Waals surface area contributed by atoms with Crippen molar-refractivity contribution in [3.63, 3.8) is 0 Å². The summed E-state index contributed by atoms with van der Waals surface area (Å²) in [7, 11) is 0. The number of anilines is 1. The number of nitrogens with one attached hydrogen (secondary N) is 1. The van der Waals surface area contributed by atoms with Gasteiger partial charge in [-0.15, -0.1) is 5.10 Å².